The molecule has 2 heterocycles. The lowest BCUT2D eigenvalue weighted by Crippen LogP contribution is -2.02. The molecule has 5 nitrogen and oxygen atoms in total. The number of nitrogens with zero attached hydrogens (tertiary/aromatic N) is 5. The molecule has 0 aliphatic carbocycles. The molecule has 0 aliphatic heterocycles. The minimum atomic E-state index is -0.215. The molecule has 0 saturated heterocycles. The highest BCUT2D eigenvalue weighted by Crippen LogP contribution is 2.26. The van der Waals surface area contributed by atoms with Gasteiger partial charge in [0, 0.05) is 5.75 Å². The molecule has 0 unspecified atom stereocenters. The molecule has 0 radical (unpaired) electrons. The van der Waals surface area contributed by atoms with E-state index in [4.69, 9.17) is 0 Å². The fraction of sp³-hybridized carbons (Fsp3) is 0.111. The van der Waals surface area contributed by atoms with Gasteiger partial charge >= 0.3 is 0 Å². The first-order chi connectivity index (χ1) is 12.3. The Balaban J connectivity index is 1.60. The molecule has 7 heteroatoms. The Labute approximate surface area is 147 Å². The van der Waals surface area contributed by atoms with Crippen molar-refractivity contribution >= 4 is 22.9 Å². The van der Waals surface area contributed by atoms with E-state index in [1.54, 1.807) is 16.8 Å². The number of aromatic nitrogens is 5. The van der Waals surface area contributed by atoms with Crippen molar-refractivity contribution < 1.29 is 4.39 Å². The fourth-order valence-electron chi connectivity index (χ4n) is 2.50. The maximum Gasteiger partial charge on any atom is 0.183 e. The molecule has 0 amide bonds. The molecule has 2 aromatic carbocycles. The van der Waals surface area contributed by atoms with E-state index in [1.807, 2.05) is 36.4 Å². The van der Waals surface area contributed by atoms with Crippen molar-refractivity contribution in [2.45, 2.75) is 17.3 Å². The van der Waals surface area contributed by atoms with Crippen LogP contribution in [0.5, 0.6) is 0 Å². The molecule has 0 fully saturated rings. The summed E-state index contributed by atoms with van der Waals surface area (Å²) in [6, 6.07) is 16.7. The van der Waals surface area contributed by atoms with Gasteiger partial charge in [0.1, 0.15) is 17.2 Å². The van der Waals surface area contributed by atoms with Crippen LogP contribution in [-0.2, 0) is 12.3 Å². The van der Waals surface area contributed by atoms with Crippen LogP contribution in [0.3, 0.4) is 0 Å². The van der Waals surface area contributed by atoms with Crippen molar-refractivity contribution in [1.29, 1.82) is 0 Å². The molecular weight excluding hydrogens is 337 g/mol. The van der Waals surface area contributed by atoms with Gasteiger partial charge in [0.25, 0.3) is 0 Å². The zero-order valence-electron chi connectivity index (χ0n) is 13.2. The summed E-state index contributed by atoms with van der Waals surface area (Å²) >= 11 is 1.43. The zero-order chi connectivity index (χ0) is 17.1. The lowest BCUT2D eigenvalue weighted by Gasteiger charge is -2.04. The summed E-state index contributed by atoms with van der Waals surface area (Å²) in [5, 5.41) is 9.12. The number of halogens is 1. The number of rotatable bonds is 5. The minimum Gasteiger partial charge on any atom is -0.227 e. The third-order valence-electron chi connectivity index (χ3n) is 3.76. The molecule has 0 N–H and O–H groups in total. The highest BCUT2D eigenvalue weighted by molar-refractivity contribution is 7.98. The van der Waals surface area contributed by atoms with Crippen LogP contribution in [0, 0.1) is 5.82 Å². The van der Waals surface area contributed by atoms with Gasteiger partial charge in [-0.15, -0.1) is 5.10 Å². The van der Waals surface area contributed by atoms with E-state index in [-0.39, 0.29) is 5.82 Å². The van der Waals surface area contributed by atoms with E-state index < -0.39 is 0 Å². The second kappa shape index (κ2) is 6.98. The Morgan fingerprint density at radius 1 is 0.960 bits per heavy atom. The topological polar surface area (TPSA) is 56.5 Å². The van der Waals surface area contributed by atoms with Gasteiger partial charge < -0.3 is 0 Å². The largest absolute Gasteiger partial charge is 0.227 e. The van der Waals surface area contributed by atoms with Gasteiger partial charge in [-0.3, -0.25) is 0 Å². The minimum absolute atomic E-state index is 0.215. The number of thioether (sulfide) groups is 1. The first kappa shape index (κ1) is 15.7. The van der Waals surface area contributed by atoms with Gasteiger partial charge in [0.2, 0.25) is 0 Å². The molecule has 124 valence electrons. The van der Waals surface area contributed by atoms with Crippen molar-refractivity contribution in [2.75, 3.05) is 0 Å². The Morgan fingerprint density at radius 2 is 1.76 bits per heavy atom. The molecule has 0 spiro atoms. The van der Waals surface area contributed by atoms with E-state index in [2.05, 4.69) is 20.3 Å². The van der Waals surface area contributed by atoms with E-state index >= 15 is 0 Å². The molecule has 25 heavy (non-hydrogen) atoms. The van der Waals surface area contributed by atoms with Crippen molar-refractivity contribution in [1.82, 2.24) is 25.0 Å². The molecule has 4 aromatic rings. The van der Waals surface area contributed by atoms with Gasteiger partial charge in [-0.25, -0.2) is 19.0 Å². The van der Waals surface area contributed by atoms with Crippen molar-refractivity contribution in [3.05, 3.63) is 77.9 Å². The summed E-state index contributed by atoms with van der Waals surface area (Å²) < 4.78 is 15.5. The second-order valence-electron chi connectivity index (χ2n) is 5.46. The van der Waals surface area contributed by atoms with E-state index in [0.29, 0.717) is 34.1 Å². The molecule has 0 atom stereocenters. The summed E-state index contributed by atoms with van der Waals surface area (Å²) in [4.78, 5) is 8.60. The van der Waals surface area contributed by atoms with Crippen LogP contribution >= 0.6 is 11.8 Å². The van der Waals surface area contributed by atoms with Gasteiger partial charge in [-0.1, -0.05) is 65.5 Å². The summed E-state index contributed by atoms with van der Waals surface area (Å²) in [7, 11) is 0. The Morgan fingerprint density at radius 3 is 2.60 bits per heavy atom. The SMILES string of the molecule is Fc1ccccc1CSc1ncnc2c1nnn2Cc1ccccc1. The smallest absolute Gasteiger partial charge is 0.183 e. The number of hydrogen-bond acceptors (Lipinski definition) is 5. The molecule has 4 rings (SSSR count). The van der Waals surface area contributed by atoms with Gasteiger partial charge in [-0.05, 0) is 17.2 Å². The fourth-order valence-corrected chi connectivity index (χ4v) is 3.42. The van der Waals surface area contributed by atoms with E-state index in [9.17, 15) is 4.39 Å². The van der Waals surface area contributed by atoms with E-state index in [0.717, 1.165) is 5.56 Å². The highest BCUT2D eigenvalue weighted by atomic mass is 32.2. The van der Waals surface area contributed by atoms with Crippen LogP contribution in [0.15, 0.2) is 66.0 Å². The summed E-state index contributed by atoms with van der Waals surface area (Å²) in [5.74, 6) is 0.262. The zero-order valence-corrected chi connectivity index (χ0v) is 14.0. The molecule has 0 bridgehead atoms. The summed E-state index contributed by atoms with van der Waals surface area (Å²) in [5.41, 5.74) is 3.07. The van der Waals surface area contributed by atoms with Gasteiger partial charge in [-0.2, -0.15) is 0 Å². The number of fused-ring (bicyclic) bond motifs is 1. The van der Waals surface area contributed by atoms with Crippen molar-refractivity contribution in [3.63, 3.8) is 0 Å². The van der Waals surface area contributed by atoms with Crippen molar-refractivity contribution in [2.24, 2.45) is 0 Å². The van der Waals surface area contributed by atoms with Gasteiger partial charge in [0.15, 0.2) is 11.2 Å². The molecule has 0 saturated carbocycles. The maximum absolute atomic E-state index is 13.8. The Kier molecular flexibility index (Phi) is 4.39. The predicted octanol–water partition coefficient (Wildman–Crippen LogP) is 3.70. The maximum atomic E-state index is 13.8. The standard InChI is InChI=1S/C18H14FN5S/c19-15-9-5-4-8-14(15)11-25-18-16-17(20-12-21-18)24(23-22-16)10-13-6-2-1-3-7-13/h1-9,12H,10-11H2. The van der Waals surface area contributed by atoms with Crippen LogP contribution in [0.1, 0.15) is 11.1 Å². The summed E-state index contributed by atoms with van der Waals surface area (Å²) in [6.45, 7) is 0.589. The van der Waals surface area contributed by atoms with Crippen LogP contribution < -0.4 is 0 Å². The normalized spacial score (nSPS) is 11.1. The quantitative estimate of drug-likeness (QED) is 0.405. The van der Waals surface area contributed by atoms with Crippen LogP contribution in [0.25, 0.3) is 11.2 Å². The van der Waals surface area contributed by atoms with Crippen LogP contribution in [-0.4, -0.2) is 25.0 Å². The third-order valence-corrected chi connectivity index (χ3v) is 4.79. The number of hydrogen-bond donors (Lipinski definition) is 0. The van der Waals surface area contributed by atoms with Crippen LogP contribution in [0.4, 0.5) is 4.39 Å². The summed E-state index contributed by atoms with van der Waals surface area (Å²) in [6.07, 6.45) is 1.50. The molecule has 2 aromatic heterocycles. The number of benzene rings is 2. The second-order valence-corrected chi connectivity index (χ2v) is 6.43. The highest BCUT2D eigenvalue weighted by Gasteiger charge is 2.13. The molecular formula is C18H14FN5S. The Bertz CT molecular complexity index is 1000. The lowest BCUT2D eigenvalue weighted by molar-refractivity contribution is 0.617. The average Bonchev–Trinajstić information content (AvgIpc) is 3.05. The van der Waals surface area contributed by atoms with Crippen LogP contribution in [0.2, 0.25) is 0 Å². The lowest BCUT2D eigenvalue weighted by atomic mass is 10.2. The predicted molar refractivity (Wildman–Crippen MR) is 94.6 cm³/mol. The first-order valence-electron chi connectivity index (χ1n) is 7.75. The molecule has 0 aliphatic rings. The van der Waals surface area contributed by atoms with E-state index in [1.165, 1.54) is 24.2 Å². The Hall–Kier alpha value is -2.80. The van der Waals surface area contributed by atoms with Gasteiger partial charge in [0.05, 0.1) is 6.54 Å². The monoisotopic (exact) mass is 351 g/mol. The first-order valence-corrected chi connectivity index (χ1v) is 8.74. The average molecular weight is 351 g/mol. The third kappa shape index (κ3) is 3.36. The van der Waals surface area contributed by atoms with Crippen molar-refractivity contribution in [3.8, 4) is 0 Å².